The van der Waals surface area contributed by atoms with E-state index in [0.29, 0.717) is 18.6 Å². The first-order valence-corrected chi connectivity index (χ1v) is 11.1. The van der Waals surface area contributed by atoms with Gasteiger partial charge >= 0.3 is 0 Å². The van der Waals surface area contributed by atoms with Crippen LogP contribution in [0.15, 0.2) is 34.2 Å². The van der Waals surface area contributed by atoms with E-state index in [0.717, 1.165) is 37.6 Å². The second kappa shape index (κ2) is 13.3. The first-order valence-electron chi connectivity index (χ1n) is 9.54. The molecule has 1 aromatic rings. The number of rotatable bonds is 10. The molecule has 1 rings (SSSR count). The zero-order valence-electron chi connectivity index (χ0n) is 17.6. The molecule has 0 radical (unpaired) electrons. The minimum absolute atomic E-state index is 0. The summed E-state index contributed by atoms with van der Waals surface area (Å²) in [5.74, 6) is 0.797. The van der Waals surface area contributed by atoms with Gasteiger partial charge in [-0.15, -0.1) is 24.0 Å². The summed E-state index contributed by atoms with van der Waals surface area (Å²) >= 11 is 0. The number of nitrogens with two attached hydrogens (primary N) is 1. The van der Waals surface area contributed by atoms with E-state index in [9.17, 15) is 8.42 Å². The quantitative estimate of drug-likeness (QED) is 0.247. The number of benzene rings is 1. The minimum atomic E-state index is -3.64. The van der Waals surface area contributed by atoms with Gasteiger partial charge in [0.25, 0.3) is 0 Å². The molecule has 0 aliphatic heterocycles. The Morgan fingerprint density at radius 3 is 2.14 bits per heavy atom. The summed E-state index contributed by atoms with van der Waals surface area (Å²) in [6, 6.07) is 7.64. The van der Waals surface area contributed by atoms with Gasteiger partial charge in [0.15, 0.2) is 5.96 Å². The van der Waals surface area contributed by atoms with Crippen molar-refractivity contribution in [2.75, 3.05) is 26.2 Å². The van der Waals surface area contributed by atoms with Gasteiger partial charge in [-0.1, -0.05) is 12.1 Å². The van der Waals surface area contributed by atoms with Crippen LogP contribution < -0.4 is 15.8 Å². The molecule has 1 aromatic carbocycles. The van der Waals surface area contributed by atoms with Crippen molar-refractivity contribution in [2.45, 2.75) is 58.0 Å². The van der Waals surface area contributed by atoms with Crippen LogP contribution in [0.4, 0.5) is 0 Å². The lowest BCUT2D eigenvalue weighted by atomic mass is 10.1. The van der Waals surface area contributed by atoms with E-state index in [1.54, 1.807) is 12.1 Å². The number of guanidine groups is 1. The molecule has 0 aliphatic carbocycles. The average molecular weight is 526 g/mol. The molecule has 7 nitrogen and oxygen atoms in total. The van der Waals surface area contributed by atoms with Crippen LogP contribution in [0, 0.1) is 0 Å². The van der Waals surface area contributed by atoms with Crippen LogP contribution in [0.1, 0.15) is 40.2 Å². The van der Waals surface area contributed by atoms with Crippen LogP contribution in [-0.2, 0) is 16.4 Å². The van der Waals surface area contributed by atoms with E-state index in [1.807, 2.05) is 6.92 Å². The molecular formula is C19H36IN5O2S. The maximum atomic E-state index is 11.3. The maximum absolute atomic E-state index is 11.3. The van der Waals surface area contributed by atoms with E-state index < -0.39 is 10.0 Å². The monoisotopic (exact) mass is 525 g/mol. The largest absolute Gasteiger partial charge is 0.357 e. The molecule has 0 amide bonds. The Bertz CT molecular complexity index is 683. The first-order chi connectivity index (χ1) is 12.6. The normalized spacial score (nSPS) is 12.4. The molecule has 0 saturated carbocycles. The standard InChI is InChI=1S/C19H35N5O2S.HI/c1-6-21-19(23-13-14-24(15(2)3)16(4)5)22-12-11-17-7-9-18(10-8-17)27(20,25)26;/h7-10,15-16H,6,11-14H2,1-5H3,(H2,20,25,26)(H2,21,22,23);1H. The predicted octanol–water partition coefficient (Wildman–Crippen LogP) is 2.17. The molecule has 0 bridgehead atoms. The molecule has 0 saturated heterocycles. The smallest absolute Gasteiger partial charge is 0.238 e. The van der Waals surface area contributed by atoms with Gasteiger partial charge in [-0.05, 0) is 58.7 Å². The van der Waals surface area contributed by atoms with Gasteiger partial charge < -0.3 is 10.6 Å². The highest BCUT2D eigenvalue weighted by molar-refractivity contribution is 14.0. The Hall–Kier alpha value is -0.910. The Balaban J connectivity index is 0.00000729. The molecule has 162 valence electrons. The molecule has 0 fully saturated rings. The number of nitrogens with one attached hydrogen (secondary N) is 2. The molecule has 28 heavy (non-hydrogen) atoms. The second-order valence-electron chi connectivity index (χ2n) is 7.05. The fraction of sp³-hybridized carbons (Fsp3) is 0.632. The molecule has 0 aliphatic rings. The second-order valence-corrected chi connectivity index (χ2v) is 8.61. The van der Waals surface area contributed by atoms with Gasteiger partial charge in [0.2, 0.25) is 10.0 Å². The van der Waals surface area contributed by atoms with Crippen LogP contribution in [0.3, 0.4) is 0 Å². The zero-order chi connectivity index (χ0) is 20.4. The fourth-order valence-electron chi connectivity index (χ4n) is 2.90. The van der Waals surface area contributed by atoms with Gasteiger partial charge in [-0.25, -0.2) is 13.6 Å². The first kappa shape index (κ1) is 27.1. The predicted molar refractivity (Wildman–Crippen MR) is 128 cm³/mol. The summed E-state index contributed by atoms with van der Waals surface area (Å²) in [6.45, 7) is 14.0. The number of nitrogens with zero attached hydrogens (tertiary/aromatic N) is 2. The van der Waals surface area contributed by atoms with Crippen molar-refractivity contribution < 1.29 is 8.42 Å². The number of hydrogen-bond donors (Lipinski definition) is 3. The van der Waals surface area contributed by atoms with Gasteiger partial charge in [-0.2, -0.15) is 0 Å². The molecule has 9 heteroatoms. The van der Waals surface area contributed by atoms with Crippen LogP contribution in [0.25, 0.3) is 0 Å². The van der Waals surface area contributed by atoms with Crippen molar-refractivity contribution in [3.05, 3.63) is 29.8 Å². The van der Waals surface area contributed by atoms with Gasteiger partial charge in [0.1, 0.15) is 0 Å². The van der Waals surface area contributed by atoms with Crippen molar-refractivity contribution in [3.8, 4) is 0 Å². The summed E-state index contributed by atoms with van der Waals surface area (Å²) in [6.07, 6.45) is 0.763. The van der Waals surface area contributed by atoms with Crippen molar-refractivity contribution in [1.82, 2.24) is 15.5 Å². The van der Waals surface area contributed by atoms with Gasteiger partial charge in [0, 0.05) is 31.7 Å². The Morgan fingerprint density at radius 2 is 1.68 bits per heavy atom. The fourth-order valence-corrected chi connectivity index (χ4v) is 3.42. The molecule has 0 atom stereocenters. The maximum Gasteiger partial charge on any atom is 0.238 e. The summed E-state index contributed by atoms with van der Waals surface area (Å²) in [5.41, 5.74) is 1.04. The van der Waals surface area contributed by atoms with Gasteiger partial charge in [0.05, 0.1) is 11.4 Å². The Labute approximate surface area is 187 Å². The van der Waals surface area contributed by atoms with E-state index in [-0.39, 0.29) is 28.9 Å². The molecule has 0 unspecified atom stereocenters. The van der Waals surface area contributed by atoms with Crippen LogP contribution in [0.5, 0.6) is 0 Å². The third-order valence-corrected chi connectivity index (χ3v) is 5.19. The van der Waals surface area contributed by atoms with E-state index in [4.69, 9.17) is 5.14 Å². The summed E-state index contributed by atoms with van der Waals surface area (Å²) in [5, 5.41) is 11.7. The lowest BCUT2D eigenvalue weighted by Gasteiger charge is -2.29. The van der Waals surface area contributed by atoms with Crippen LogP contribution in [-0.4, -0.2) is 57.5 Å². The SMILES string of the molecule is CCNC(=NCCN(C(C)C)C(C)C)NCCc1ccc(S(N)(=O)=O)cc1.I. The van der Waals surface area contributed by atoms with Crippen molar-refractivity contribution in [3.63, 3.8) is 0 Å². The average Bonchev–Trinajstić information content (AvgIpc) is 2.57. The number of sulfonamides is 1. The van der Waals surface area contributed by atoms with E-state index in [1.165, 1.54) is 12.1 Å². The zero-order valence-corrected chi connectivity index (χ0v) is 20.8. The molecular weight excluding hydrogens is 489 g/mol. The molecule has 0 spiro atoms. The van der Waals surface area contributed by atoms with Crippen LogP contribution in [0.2, 0.25) is 0 Å². The Morgan fingerprint density at radius 1 is 1.11 bits per heavy atom. The van der Waals surface area contributed by atoms with Crippen LogP contribution >= 0.6 is 24.0 Å². The topological polar surface area (TPSA) is 99.8 Å². The van der Waals surface area contributed by atoms with Crippen molar-refractivity contribution in [2.24, 2.45) is 10.1 Å². The number of primary sulfonamides is 1. The summed E-state index contributed by atoms with van der Waals surface area (Å²) in [7, 11) is -3.64. The van der Waals surface area contributed by atoms with Crippen molar-refractivity contribution in [1.29, 1.82) is 0 Å². The third kappa shape index (κ3) is 10.0. The lowest BCUT2D eigenvalue weighted by Crippen LogP contribution is -2.41. The molecule has 0 aromatic heterocycles. The molecule has 0 heterocycles. The number of aliphatic imine (C=N–C) groups is 1. The number of halogens is 1. The van der Waals surface area contributed by atoms with Gasteiger partial charge in [-0.3, -0.25) is 9.89 Å². The highest BCUT2D eigenvalue weighted by Crippen LogP contribution is 2.09. The van der Waals surface area contributed by atoms with E-state index >= 15 is 0 Å². The molecule has 4 N–H and O–H groups in total. The summed E-state index contributed by atoms with van der Waals surface area (Å²) in [4.78, 5) is 7.20. The minimum Gasteiger partial charge on any atom is -0.357 e. The Kier molecular flexibility index (Phi) is 12.9. The lowest BCUT2D eigenvalue weighted by molar-refractivity contribution is 0.181. The number of hydrogen-bond acceptors (Lipinski definition) is 4. The summed E-state index contributed by atoms with van der Waals surface area (Å²) < 4.78 is 22.6. The third-order valence-electron chi connectivity index (χ3n) is 4.26. The van der Waals surface area contributed by atoms with Crippen molar-refractivity contribution >= 4 is 40.0 Å². The highest BCUT2D eigenvalue weighted by atomic mass is 127. The van der Waals surface area contributed by atoms with E-state index in [2.05, 4.69) is 48.2 Å². The highest BCUT2D eigenvalue weighted by Gasteiger charge is 2.12.